The van der Waals surface area contributed by atoms with Crippen LogP contribution in [0.5, 0.6) is 5.75 Å². The number of pyridine rings is 1. The van der Waals surface area contributed by atoms with E-state index >= 15 is 0 Å². The Bertz CT molecular complexity index is 411. The number of methoxy groups -OCH3 is 1. The van der Waals surface area contributed by atoms with Gasteiger partial charge in [0, 0.05) is 23.9 Å². The summed E-state index contributed by atoms with van der Waals surface area (Å²) in [6.07, 6.45) is 8.93. The van der Waals surface area contributed by atoms with Crippen molar-refractivity contribution in [3.63, 3.8) is 0 Å². The molecule has 0 spiro atoms. The highest BCUT2D eigenvalue weighted by Gasteiger charge is 2.14. The van der Waals surface area contributed by atoms with E-state index in [9.17, 15) is 0 Å². The van der Waals surface area contributed by atoms with Crippen molar-refractivity contribution in [1.82, 2.24) is 10.3 Å². The van der Waals surface area contributed by atoms with Crippen LogP contribution in [0.25, 0.3) is 0 Å². The summed E-state index contributed by atoms with van der Waals surface area (Å²) in [6.45, 7) is 6.07. The number of aromatic nitrogens is 1. The molecule has 0 saturated heterocycles. The van der Waals surface area contributed by atoms with Crippen molar-refractivity contribution in [1.29, 1.82) is 0 Å². The zero-order chi connectivity index (χ0) is 13.7. The normalized spacial score (nSPS) is 15.9. The summed E-state index contributed by atoms with van der Waals surface area (Å²) in [6, 6.07) is 0. The summed E-state index contributed by atoms with van der Waals surface area (Å²) in [5.74, 6) is 1.93. The Labute approximate surface area is 116 Å². The minimum absolute atomic E-state index is 0.842. The molecule has 19 heavy (non-hydrogen) atoms. The minimum atomic E-state index is 0.842. The van der Waals surface area contributed by atoms with E-state index in [2.05, 4.69) is 17.2 Å². The van der Waals surface area contributed by atoms with Crippen LogP contribution in [-0.2, 0) is 6.54 Å². The van der Waals surface area contributed by atoms with Gasteiger partial charge in [0.25, 0.3) is 0 Å². The van der Waals surface area contributed by atoms with Crippen molar-refractivity contribution in [3.8, 4) is 5.75 Å². The molecule has 1 aromatic rings. The summed E-state index contributed by atoms with van der Waals surface area (Å²) in [5.41, 5.74) is 3.37. The smallest absolute Gasteiger partial charge is 0.128 e. The van der Waals surface area contributed by atoms with Gasteiger partial charge in [0.2, 0.25) is 0 Å². The zero-order valence-corrected chi connectivity index (χ0v) is 12.5. The topological polar surface area (TPSA) is 34.1 Å². The molecule has 0 atom stereocenters. The lowest BCUT2D eigenvalue weighted by molar-refractivity contribution is 0.406. The number of nitrogens with one attached hydrogen (secondary N) is 1. The molecule has 1 aliphatic rings. The highest BCUT2D eigenvalue weighted by atomic mass is 16.5. The first-order valence-electron chi connectivity index (χ1n) is 7.42. The first-order valence-corrected chi connectivity index (χ1v) is 7.42. The van der Waals surface area contributed by atoms with Gasteiger partial charge in [-0.25, -0.2) is 0 Å². The maximum absolute atomic E-state index is 5.44. The average molecular weight is 262 g/mol. The number of nitrogens with zero attached hydrogens (tertiary/aromatic N) is 1. The van der Waals surface area contributed by atoms with Crippen molar-refractivity contribution < 1.29 is 4.74 Å². The average Bonchev–Trinajstić information content (AvgIpc) is 2.90. The molecule has 1 aliphatic carbocycles. The standard InChI is InChI=1S/C16H26N2O/c1-12-10-18-15(13(2)16(12)19-3)11-17-9-8-14-6-4-5-7-14/h10,14,17H,4-9,11H2,1-3H3. The SMILES string of the molecule is COc1c(C)cnc(CNCCC2CCCC2)c1C. The quantitative estimate of drug-likeness (QED) is 0.798. The minimum Gasteiger partial charge on any atom is -0.496 e. The third-order valence-electron chi connectivity index (χ3n) is 4.25. The largest absolute Gasteiger partial charge is 0.496 e. The van der Waals surface area contributed by atoms with Crippen LogP contribution in [0, 0.1) is 19.8 Å². The summed E-state index contributed by atoms with van der Waals surface area (Å²) < 4.78 is 5.44. The van der Waals surface area contributed by atoms with E-state index in [4.69, 9.17) is 4.74 Å². The molecule has 1 saturated carbocycles. The van der Waals surface area contributed by atoms with Crippen LogP contribution in [0.15, 0.2) is 6.20 Å². The summed E-state index contributed by atoms with van der Waals surface area (Å²) in [7, 11) is 1.73. The van der Waals surface area contributed by atoms with E-state index in [0.29, 0.717) is 0 Å². The summed E-state index contributed by atoms with van der Waals surface area (Å²) >= 11 is 0. The molecule has 1 N–H and O–H groups in total. The van der Waals surface area contributed by atoms with Crippen LogP contribution in [-0.4, -0.2) is 18.6 Å². The van der Waals surface area contributed by atoms with Crippen LogP contribution < -0.4 is 10.1 Å². The molecule has 0 amide bonds. The number of ether oxygens (including phenoxy) is 1. The fourth-order valence-corrected chi connectivity index (χ4v) is 3.06. The number of hydrogen-bond acceptors (Lipinski definition) is 3. The van der Waals surface area contributed by atoms with Gasteiger partial charge in [-0.3, -0.25) is 4.98 Å². The number of rotatable bonds is 6. The van der Waals surface area contributed by atoms with Crippen LogP contribution in [0.4, 0.5) is 0 Å². The molecule has 1 fully saturated rings. The van der Waals surface area contributed by atoms with Gasteiger partial charge < -0.3 is 10.1 Å². The number of aryl methyl sites for hydroxylation is 1. The third-order valence-corrected chi connectivity index (χ3v) is 4.25. The highest BCUT2D eigenvalue weighted by molar-refractivity contribution is 5.40. The molecule has 0 aliphatic heterocycles. The van der Waals surface area contributed by atoms with E-state index in [0.717, 1.165) is 41.6 Å². The third kappa shape index (κ3) is 3.69. The summed E-state index contributed by atoms with van der Waals surface area (Å²) in [4.78, 5) is 4.51. The lowest BCUT2D eigenvalue weighted by atomic mass is 10.0. The maximum atomic E-state index is 5.44. The Balaban J connectivity index is 1.82. The highest BCUT2D eigenvalue weighted by Crippen LogP contribution is 2.27. The van der Waals surface area contributed by atoms with Gasteiger partial charge in [0.05, 0.1) is 12.8 Å². The van der Waals surface area contributed by atoms with Crippen molar-refractivity contribution >= 4 is 0 Å². The molecule has 3 nitrogen and oxygen atoms in total. The second-order valence-electron chi connectivity index (χ2n) is 5.66. The Hall–Kier alpha value is -1.09. The van der Waals surface area contributed by atoms with Crippen molar-refractivity contribution in [2.24, 2.45) is 5.92 Å². The van der Waals surface area contributed by atoms with Crippen LogP contribution >= 0.6 is 0 Å². The van der Waals surface area contributed by atoms with E-state index in [1.54, 1.807) is 7.11 Å². The lowest BCUT2D eigenvalue weighted by Gasteiger charge is -2.13. The van der Waals surface area contributed by atoms with Gasteiger partial charge in [-0.15, -0.1) is 0 Å². The fourth-order valence-electron chi connectivity index (χ4n) is 3.06. The van der Waals surface area contributed by atoms with E-state index < -0.39 is 0 Å². The molecule has 0 bridgehead atoms. The second-order valence-corrected chi connectivity index (χ2v) is 5.66. The summed E-state index contributed by atoms with van der Waals surface area (Å²) in [5, 5.41) is 3.52. The molecule has 0 unspecified atom stereocenters. The van der Waals surface area contributed by atoms with Crippen LogP contribution in [0.2, 0.25) is 0 Å². The maximum Gasteiger partial charge on any atom is 0.128 e. The first-order chi connectivity index (χ1) is 9.22. The van der Waals surface area contributed by atoms with Gasteiger partial charge in [-0.05, 0) is 32.7 Å². The zero-order valence-electron chi connectivity index (χ0n) is 12.5. The number of hydrogen-bond donors (Lipinski definition) is 1. The van der Waals surface area contributed by atoms with Crippen LogP contribution in [0.1, 0.15) is 48.9 Å². The Morgan fingerprint density at radius 1 is 1.32 bits per heavy atom. The Morgan fingerprint density at radius 3 is 2.74 bits per heavy atom. The Kier molecular flexibility index (Phi) is 5.20. The molecule has 3 heteroatoms. The van der Waals surface area contributed by atoms with Gasteiger partial charge in [0.1, 0.15) is 5.75 Å². The molecule has 106 valence electrons. The van der Waals surface area contributed by atoms with Gasteiger partial charge in [-0.2, -0.15) is 0 Å². The predicted molar refractivity (Wildman–Crippen MR) is 78.5 cm³/mol. The van der Waals surface area contributed by atoms with Crippen molar-refractivity contribution in [3.05, 3.63) is 23.0 Å². The molecular formula is C16H26N2O. The molecular weight excluding hydrogens is 236 g/mol. The molecule has 0 aromatic carbocycles. The molecule has 2 rings (SSSR count). The van der Waals surface area contributed by atoms with Gasteiger partial charge in [-0.1, -0.05) is 25.7 Å². The molecule has 1 heterocycles. The van der Waals surface area contributed by atoms with Gasteiger partial charge >= 0.3 is 0 Å². The first kappa shape index (κ1) is 14.3. The van der Waals surface area contributed by atoms with Crippen molar-refractivity contribution in [2.75, 3.05) is 13.7 Å². The predicted octanol–water partition coefficient (Wildman–Crippen LogP) is 3.38. The monoisotopic (exact) mass is 262 g/mol. The van der Waals surface area contributed by atoms with Gasteiger partial charge in [0.15, 0.2) is 0 Å². The lowest BCUT2D eigenvalue weighted by Crippen LogP contribution is -2.18. The van der Waals surface area contributed by atoms with E-state index in [1.807, 2.05) is 13.1 Å². The van der Waals surface area contributed by atoms with Crippen molar-refractivity contribution in [2.45, 2.75) is 52.5 Å². The van der Waals surface area contributed by atoms with E-state index in [-0.39, 0.29) is 0 Å². The fraction of sp³-hybridized carbons (Fsp3) is 0.688. The van der Waals surface area contributed by atoms with E-state index in [1.165, 1.54) is 32.1 Å². The molecule has 0 radical (unpaired) electrons. The van der Waals surface area contributed by atoms with Crippen LogP contribution in [0.3, 0.4) is 0 Å². The second kappa shape index (κ2) is 6.90. The molecule has 1 aromatic heterocycles. The Morgan fingerprint density at radius 2 is 2.05 bits per heavy atom.